The van der Waals surface area contributed by atoms with E-state index in [1.165, 1.54) is 27.9 Å². The van der Waals surface area contributed by atoms with Gasteiger partial charge in [-0.25, -0.2) is 19.6 Å². The number of alkyl carbamates (subject to hydrolysis) is 1. The predicted molar refractivity (Wildman–Crippen MR) is 209 cm³/mol. The molecule has 270 valence electrons. The molecule has 4 heterocycles. The number of H-pyrrole nitrogens is 1. The van der Waals surface area contributed by atoms with Gasteiger partial charge in [-0.15, -0.1) is 11.3 Å². The van der Waals surface area contributed by atoms with Gasteiger partial charge < -0.3 is 34.8 Å². The van der Waals surface area contributed by atoms with Crippen LogP contribution in [-0.2, 0) is 23.3 Å². The van der Waals surface area contributed by atoms with Crippen LogP contribution in [0, 0.1) is 6.57 Å². The Morgan fingerprint density at radius 3 is 2.70 bits per heavy atom. The van der Waals surface area contributed by atoms with E-state index in [0.717, 1.165) is 27.2 Å². The molecule has 1 aliphatic carbocycles. The largest absolute Gasteiger partial charge is 0.471 e. The summed E-state index contributed by atoms with van der Waals surface area (Å²) in [4.78, 5) is 40.3. The second-order valence-corrected chi connectivity index (χ2v) is 14.5. The van der Waals surface area contributed by atoms with Gasteiger partial charge in [-0.05, 0) is 64.2 Å². The fourth-order valence-electron chi connectivity index (χ4n) is 6.50. The van der Waals surface area contributed by atoms with Crippen LogP contribution in [0.4, 0.5) is 16.4 Å². The SMILES string of the molecule is [C-]#[N+]/C(=C\c1cc2c(s1)-c1ccc(N(C)CCOC(=O)NCc3ccc(COc4nc(N)nc5nc[nH]c45)cc3)cc1C2(C)C)c1nc2ccccc2o1. The Morgan fingerprint density at radius 1 is 1.07 bits per heavy atom. The van der Waals surface area contributed by atoms with Crippen molar-refractivity contribution in [3.8, 4) is 16.3 Å². The number of nitrogens with zero attached hydrogens (tertiary/aromatic N) is 6. The number of imidazole rings is 1. The first-order valence-electron chi connectivity index (χ1n) is 17.2. The number of carbonyl (C=O) groups excluding carboxylic acids is 1. The van der Waals surface area contributed by atoms with Crippen LogP contribution in [0.25, 0.3) is 49.3 Å². The van der Waals surface area contributed by atoms with Crippen molar-refractivity contribution in [1.29, 1.82) is 0 Å². The molecule has 0 aliphatic heterocycles. The van der Waals surface area contributed by atoms with E-state index in [1.54, 1.807) is 11.3 Å². The quantitative estimate of drug-likeness (QED) is 0.112. The monoisotopic (exact) mass is 737 g/mol. The number of hydrogen-bond donors (Lipinski definition) is 3. The molecule has 1 amide bonds. The third-order valence-electron chi connectivity index (χ3n) is 9.46. The normalized spacial score (nSPS) is 13.0. The lowest BCUT2D eigenvalue weighted by atomic mass is 9.82. The number of amides is 1. The van der Waals surface area contributed by atoms with E-state index in [9.17, 15) is 4.79 Å². The van der Waals surface area contributed by atoms with Crippen molar-refractivity contribution in [3.05, 3.63) is 124 Å². The van der Waals surface area contributed by atoms with E-state index in [4.69, 9.17) is 26.2 Å². The molecule has 7 aromatic rings. The molecule has 54 heavy (non-hydrogen) atoms. The van der Waals surface area contributed by atoms with Crippen LogP contribution in [0.15, 0.2) is 83.5 Å². The Balaban J connectivity index is 0.836. The number of fused-ring (bicyclic) bond motifs is 5. The Labute approximate surface area is 314 Å². The molecule has 3 aromatic carbocycles. The summed E-state index contributed by atoms with van der Waals surface area (Å²) < 4.78 is 17.2. The molecule has 13 nitrogen and oxygen atoms in total. The topological polar surface area (TPSA) is 162 Å². The van der Waals surface area contributed by atoms with Crippen LogP contribution >= 0.6 is 11.3 Å². The number of aromatic amines is 1. The fourth-order valence-corrected chi connectivity index (χ4v) is 7.79. The van der Waals surface area contributed by atoms with E-state index in [0.29, 0.717) is 47.3 Å². The molecular formula is C40H35N9O4S. The molecule has 1 aliphatic rings. The van der Waals surface area contributed by atoms with Crippen molar-refractivity contribution in [3.63, 3.8) is 0 Å². The van der Waals surface area contributed by atoms with Crippen molar-refractivity contribution in [2.45, 2.75) is 32.4 Å². The van der Waals surface area contributed by atoms with E-state index < -0.39 is 6.09 Å². The first-order valence-corrected chi connectivity index (χ1v) is 18.0. The van der Waals surface area contributed by atoms with E-state index in [2.05, 4.69) is 78.1 Å². The maximum Gasteiger partial charge on any atom is 0.407 e. The first-order chi connectivity index (χ1) is 26.2. The number of rotatable bonds is 11. The Bertz CT molecular complexity index is 2570. The molecule has 0 radical (unpaired) electrons. The molecule has 0 saturated heterocycles. The smallest absolute Gasteiger partial charge is 0.407 e. The van der Waals surface area contributed by atoms with Gasteiger partial charge >= 0.3 is 6.09 Å². The lowest BCUT2D eigenvalue weighted by molar-refractivity contribution is 0.148. The zero-order valence-corrected chi connectivity index (χ0v) is 30.5. The molecule has 14 heteroatoms. The average Bonchev–Trinajstić information content (AvgIpc) is 3.96. The number of nitrogens with two attached hydrogens (primary N) is 1. The fraction of sp³-hybridized carbons (Fsp3) is 0.200. The van der Waals surface area contributed by atoms with Gasteiger partial charge in [-0.3, -0.25) is 0 Å². The molecule has 0 spiro atoms. The number of ether oxygens (including phenoxy) is 2. The van der Waals surface area contributed by atoms with Crippen molar-refractivity contribution in [1.82, 2.24) is 30.2 Å². The predicted octanol–water partition coefficient (Wildman–Crippen LogP) is 7.80. The summed E-state index contributed by atoms with van der Waals surface area (Å²) in [7, 11) is 1.99. The van der Waals surface area contributed by atoms with Gasteiger partial charge in [-0.1, -0.05) is 56.3 Å². The number of nitrogen functional groups attached to an aromatic ring is 1. The lowest BCUT2D eigenvalue weighted by Gasteiger charge is -2.24. The molecule has 0 saturated carbocycles. The number of likely N-dealkylation sites (N-methyl/N-ethyl adjacent to an activating group) is 1. The number of carbonyl (C=O) groups is 1. The lowest BCUT2D eigenvalue weighted by Crippen LogP contribution is -2.29. The van der Waals surface area contributed by atoms with Crippen LogP contribution in [0.2, 0.25) is 0 Å². The highest BCUT2D eigenvalue weighted by molar-refractivity contribution is 7.16. The third kappa shape index (κ3) is 6.68. The van der Waals surface area contributed by atoms with Crippen LogP contribution in [0.3, 0.4) is 0 Å². The molecule has 4 N–H and O–H groups in total. The van der Waals surface area contributed by atoms with E-state index in [-0.39, 0.29) is 24.6 Å². The molecule has 4 aromatic heterocycles. The number of aromatic nitrogens is 5. The zero-order valence-electron chi connectivity index (χ0n) is 29.7. The minimum Gasteiger partial charge on any atom is -0.471 e. The maximum atomic E-state index is 12.5. The number of oxazole rings is 1. The summed E-state index contributed by atoms with van der Waals surface area (Å²) in [6, 6.07) is 23.8. The third-order valence-corrected chi connectivity index (χ3v) is 10.6. The average molecular weight is 738 g/mol. The van der Waals surface area contributed by atoms with Crippen LogP contribution < -0.4 is 20.7 Å². The van der Waals surface area contributed by atoms with Gasteiger partial charge in [0.15, 0.2) is 11.2 Å². The highest BCUT2D eigenvalue weighted by Gasteiger charge is 2.37. The number of anilines is 2. The summed E-state index contributed by atoms with van der Waals surface area (Å²) in [5.41, 5.74) is 14.8. The highest BCUT2D eigenvalue weighted by Crippen LogP contribution is 2.53. The summed E-state index contributed by atoms with van der Waals surface area (Å²) in [5.74, 6) is 0.747. The van der Waals surface area contributed by atoms with E-state index >= 15 is 0 Å². The summed E-state index contributed by atoms with van der Waals surface area (Å²) in [5, 5.41) is 2.82. The van der Waals surface area contributed by atoms with Crippen LogP contribution in [0.5, 0.6) is 5.88 Å². The number of benzene rings is 3. The summed E-state index contributed by atoms with van der Waals surface area (Å²) in [6.45, 7) is 13.6. The van der Waals surface area contributed by atoms with Gasteiger partial charge in [0.05, 0.1) is 19.4 Å². The second-order valence-electron chi connectivity index (χ2n) is 13.4. The Kier molecular flexibility index (Phi) is 8.92. The molecule has 0 fully saturated rings. The summed E-state index contributed by atoms with van der Waals surface area (Å²) in [6.07, 6.45) is 2.89. The van der Waals surface area contributed by atoms with Crippen molar-refractivity contribution in [2.75, 3.05) is 30.8 Å². The van der Waals surface area contributed by atoms with Crippen LogP contribution in [-0.4, -0.2) is 51.2 Å². The first kappa shape index (κ1) is 34.4. The molecule has 0 unspecified atom stereocenters. The van der Waals surface area contributed by atoms with Crippen molar-refractivity contribution in [2.24, 2.45) is 0 Å². The zero-order chi connectivity index (χ0) is 37.4. The number of nitrogens with one attached hydrogen (secondary N) is 2. The standard InChI is InChI=1S/C40H35N9O4S/c1-40(2)28-17-25(13-14-27(28)34-29(40)18-26(54-34)19-31(42-3)36-46-30-7-5-6-8-32(30)53-36)49(4)15-16-51-39(50)43-20-23-9-11-24(12-10-23)21-52-37-33-35(45-22-44-33)47-38(41)48-37/h5-14,17-19,22H,15-16,20-21H2,1-2,4H3,(H,43,50)(H3,41,44,45,47,48)/b31-19-. The minimum absolute atomic E-state index is 0.0888. The maximum absolute atomic E-state index is 12.5. The van der Waals surface area contributed by atoms with Gasteiger partial charge in [0.25, 0.3) is 0 Å². The van der Waals surface area contributed by atoms with Crippen molar-refractivity contribution >= 4 is 63.1 Å². The highest BCUT2D eigenvalue weighted by atomic mass is 32.1. The van der Waals surface area contributed by atoms with Crippen LogP contribution in [0.1, 0.15) is 46.9 Å². The molecule has 8 rings (SSSR count). The van der Waals surface area contributed by atoms with Gasteiger partial charge in [0, 0.05) is 34.4 Å². The van der Waals surface area contributed by atoms with Gasteiger partial charge in [-0.2, -0.15) is 9.97 Å². The Hall–Kier alpha value is -6.72. The molecule has 0 bridgehead atoms. The second kappa shape index (κ2) is 14.0. The number of hydrogen-bond acceptors (Lipinski definition) is 11. The Morgan fingerprint density at radius 2 is 1.89 bits per heavy atom. The molecule has 0 atom stereocenters. The minimum atomic E-state index is -0.484. The summed E-state index contributed by atoms with van der Waals surface area (Å²) >= 11 is 1.67. The van der Waals surface area contributed by atoms with Gasteiger partial charge in [0.1, 0.15) is 24.2 Å². The van der Waals surface area contributed by atoms with Crippen molar-refractivity contribution < 1.29 is 18.7 Å². The molecular weight excluding hydrogens is 703 g/mol. The van der Waals surface area contributed by atoms with Gasteiger partial charge in [0.2, 0.25) is 23.4 Å². The number of thiophene rings is 1. The number of para-hydroxylation sites is 2. The van der Waals surface area contributed by atoms with E-state index in [1.807, 2.05) is 61.7 Å².